The molecule has 1 heterocycles. The van der Waals surface area contributed by atoms with E-state index >= 15 is 0 Å². The second-order valence-corrected chi connectivity index (χ2v) is 9.76. The molecule has 2 aromatic rings. The van der Waals surface area contributed by atoms with Gasteiger partial charge in [0, 0.05) is 33.0 Å². The SMILES string of the molecule is CNC(=O)C(Cc1ccc(OC(C)C)cc1)N1CCN(C(=O)[CH]Cc2ccc(F)cc2)C(CCC(N)=O)C1=O. The standard InChI is InChI=1S/C29H36FN4O5/c1-19(2)39-23-11-6-21(7-12-23)18-25(28(37)32-3)34-17-16-33(24(29(34)38)13-14-26(31)35)27(36)15-8-20-4-9-22(30)10-5-20/h4-7,9-12,15,19,24-25H,8,13-14,16-18H2,1-3H3,(H2,31,35)(H,32,37). The summed E-state index contributed by atoms with van der Waals surface area (Å²) in [6, 6.07) is 11.4. The van der Waals surface area contributed by atoms with E-state index in [9.17, 15) is 23.6 Å². The number of hydrogen-bond donors (Lipinski definition) is 2. The third-order valence-electron chi connectivity index (χ3n) is 6.55. The molecule has 0 saturated carbocycles. The molecule has 10 heteroatoms. The van der Waals surface area contributed by atoms with Crippen LogP contribution in [0.25, 0.3) is 0 Å². The van der Waals surface area contributed by atoms with Gasteiger partial charge in [0.2, 0.25) is 23.6 Å². The second-order valence-electron chi connectivity index (χ2n) is 9.76. The Morgan fingerprint density at radius 1 is 1.08 bits per heavy atom. The molecule has 3 rings (SSSR count). The highest BCUT2D eigenvalue weighted by Gasteiger charge is 2.41. The summed E-state index contributed by atoms with van der Waals surface area (Å²) in [5.74, 6) is -1.38. The molecule has 2 atom stereocenters. The van der Waals surface area contributed by atoms with Crippen LogP contribution in [-0.2, 0) is 32.0 Å². The molecule has 9 nitrogen and oxygen atoms in total. The van der Waals surface area contributed by atoms with Crippen molar-refractivity contribution in [2.75, 3.05) is 20.1 Å². The van der Waals surface area contributed by atoms with Crippen LogP contribution in [0.3, 0.4) is 0 Å². The number of ether oxygens (including phenoxy) is 1. The molecule has 3 N–H and O–H groups in total. The van der Waals surface area contributed by atoms with Crippen LogP contribution in [0.2, 0.25) is 0 Å². The zero-order valence-electron chi connectivity index (χ0n) is 22.6. The number of hydrogen-bond acceptors (Lipinski definition) is 5. The highest BCUT2D eigenvalue weighted by molar-refractivity contribution is 5.95. The van der Waals surface area contributed by atoms with Crippen LogP contribution < -0.4 is 15.8 Å². The van der Waals surface area contributed by atoms with Crippen LogP contribution in [0.1, 0.15) is 37.8 Å². The third-order valence-corrected chi connectivity index (χ3v) is 6.55. The van der Waals surface area contributed by atoms with Gasteiger partial charge in [0.25, 0.3) is 0 Å². The van der Waals surface area contributed by atoms with Crippen molar-refractivity contribution in [3.05, 3.63) is 71.9 Å². The van der Waals surface area contributed by atoms with Gasteiger partial charge in [-0.05, 0) is 62.1 Å². The minimum Gasteiger partial charge on any atom is -0.491 e. The molecule has 0 spiro atoms. The number of piperazine rings is 1. The summed E-state index contributed by atoms with van der Waals surface area (Å²) in [4.78, 5) is 54.2. The lowest BCUT2D eigenvalue weighted by atomic mass is 9.98. The van der Waals surface area contributed by atoms with Gasteiger partial charge in [-0.3, -0.25) is 19.2 Å². The summed E-state index contributed by atoms with van der Waals surface area (Å²) in [5, 5.41) is 2.64. The van der Waals surface area contributed by atoms with Crippen molar-refractivity contribution in [1.82, 2.24) is 15.1 Å². The molecular formula is C29H36FN4O5. The van der Waals surface area contributed by atoms with Crippen molar-refractivity contribution in [2.45, 2.75) is 57.7 Å². The van der Waals surface area contributed by atoms with Crippen molar-refractivity contribution in [3.8, 4) is 5.75 Å². The lowest BCUT2D eigenvalue weighted by molar-refractivity contribution is -0.155. The Balaban J connectivity index is 1.77. The van der Waals surface area contributed by atoms with E-state index in [4.69, 9.17) is 10.5 Å². The molecule has 209 valence electrons. The van der Waals surface area contributed by atoms with Gasteiger partial charge in [0.15, 0.2) is 0 Å². The lowest BCUT2D eigenvalue weighted by Crippen LogP contribution is -2.63. The molecule has 0 bridgehead atoms. The van der Waals surface area contributed by atoms with E-state index in [1.54, 1.807) is 12.1 Å². The summed E-state index contributed by atoms with van der Waals surface area (Å²) in [6.45, 7) is 4.19. The summed E-state index contributed by atoms with van der Waals surface area (Å²) in [6.07, 6.45) is 1.94. The number of nitrogens with zero attached hydrogens (tertiary/aromatic N) is 2. The van der Waals surface area contributed by atoms with Crippen molar-refractivity contribution >= 4 is 23.6 Å². The van der Waals surface area contributed by atoms with E-state index in [0.717, 1.165) is 11.1 Å². The number of likely N-dealkylation sites (N-methyl/N-ethyl adjacent to an activating group) is 1. The van der Waals surface area contributed by atoms with Crippen LogP contribution in [0.4, 0.5) is 4.39 Å². The zero-order chi connectivity index (χ0) is 28.5. The normalized spacial score (nSPS) is 16.2. The van der Waals surface area contributed by atoms with Gasteiger partial charge in [-0.2, -0.15) is 0 Å². The molecule has 1 aliphatic rings. The molecule has 2 aromatic carbocycles. The van der Waals surface area contributed by atoms with Crippen molar-refractivity contribution < 1.29 is 28.3 Å². The molecule has 1 radical (unpaired) electrons. The predicted molar refractivity (Wildman–Crippen MR) is 144 cm³/mol. The minimum absolute atomic E-state index is 0.0244. The molecule has 1 aliphatic heterocycles. The number of rotatable bonds is 12. The molecule has 4 amide bonds. The maximum absolute atomic E-state index is 13.7. The summed E-state index contributed by atoms with van der Waals surface area (Å²) in [5.41, 5.74) is 6.94. The number of nitrogens with two attached hydrogens (primary N) is 1. The van der Waals surface area contributed by atoms with E-state index in [2.05, 4.69) is 5.32 Å². The van der Waals surface area contributed by atoms with Gasteiger partial charge >= 0.3 is 0 Å². The zero-order valence-corrected chi connectivity index (χ0v) is 22.6. The van der Waals surface area contributed by atoms with E-state index in [0.29, 0.717) is 5.75 Å². The molecule has 0 aliphatic carbocycles. The van der Waals surface area contributed by atoms with E-state index in [1.807, 2.05) is 38.1 Å². The van der Waals surface area contributed by atoms with Gasteiger partial charge in [-0.25, -0.2) is 4.39 Å². The van der Waals surface area contributed by atoms with Crippen LogP contribution in [0.15, 0.2) is 48.5 Å². The third kappa shape index (κ3) is 8.27. The molecule has 1 fully saturated rings. The Labute approximate surface area is 228 Å². The van der Waals surface area contributed by atoms with Gasteiger partial charge in [0.05, 0.1) is 12.5 Å². The molecule has 0 aromatic heterocycles. The van der Waals surface area contributed by atoms with Crippen molar-refractivity contribution in [1.29, 1.82) is 0 Å². The van der Waals surface area contributed by atoms with Crippen molar-refractivity contribution in [3.63, 3.8) is 0 Å². The van der Waals surface area contributed by atoms with Gasteiger partial charge in [-0.15, -0.1) is 0 Å². The predicted octanol–water partition coefficient (Wildman–Crippen LogP) is 2.02. The van der Waals surface area contributed by atoms with Crippen LogP contribution in [-0.4, -0.2) is 71.8 Å². The first-order valence-electron chi connectivity index (χ1n) is 13.0. The number of benzene rings is 2. The van der Waals surface area contributed by atoms with Crippen LogP contribution >= 0.6 is 0 Å². The number of primary amides is 1. The Kier molecular flexibility index (Phi) is 10.4. The molecule has 39 heavy (non-hydrogen) atoms. The molecule has 1 saturated heterocycles. The maximum Gasteiger partial charge on any atom is 0.246 e. The van der Waals surface area contributed by atoms with E-state index in [1.165, 1.54) is 35.4 Å². The van der Waals surface area contributed by atoms with Gasteiger partial charge < -0.3 is 25.6 Å². The largest absolute Gasteiger partial charge is 0.491 e. The average Bonchev–Trinajstić information content (AvgIpc) is 2.90. The monoisotopic (exact) mass is 539 g/mol. The lowest BCUT2D eigenvalue weighted by Gasteiger charge is -2.43. The first-order valence-corrected chi connectivity index (χ1v) is 13.0. The first kappa shape index (κ1) is 29.6. The maximum atomic E-state index is 13.7. The Morgan fingerprint density at radius 2 is 1.72 bits per heavy atom. The molecular weight excluding hydrogens is 503 g/mol. The minimum atomic E-state index is -0.947. The van der Waals surface area contributed by atoms with Crippen LogP contribution in [0.5, 0.6) is 5.75 Å². The number of nitrogens with one attached hydrogen (secondary N) is 1. The van der Waals surface area contributed by atoms with Gasteiger partial charge in [0.1, 0.15) is 23.7 Å². The fraction of sp³-hybridized carbons (Fsp3) is 0.414. The quantitative estimate of drug-likeness (QED) is 0.427. The Bertz CT molecular complexity index is 1150. The Morgan fingerprint density at radius 3 is 2.31 bits per heavy atom. The number of carbonyl (C=O) groups is 4. The smallest absolute Gasteiger partial charge is 0.246 e. The highest BCUT2D eigenvalue weighted by Crippen LogP contribution is 2.23. The fourth-order valence-electron chi connectivity index (χ4n) is 4.59. The number of carbonyl (C=O) groups excluding carboxylic acids is 4. The Hall–Kier alpha value is -3.95. The molecule has 2 unspecified atom stereocenters. The van der Waals surface area contributed by atoms with Crippen LogP contribution in [0, 0.1) is 12.2 Å². The summed E-state index contributed by atoms with van der Waals surface area (Å²) < 4.78 is 18.9. The number of halogens is 1. The summed E-state index contributed by atoms with van der Waals surface area (Å²) >= 11 is 0. The topological polar surface area (TPSA) is 122 Å². The average molecular weight is 540 g/mol. The van der Waals surface area contributed by atoms with E-state index in [-0.39, 0.29) is 62.5 Å². The van der Waals surface area contributed by atoms with Crippen molar-refractivity contribution in [2.24, 2.45) is 5.73 Å². The van der Waals surface area contributed by atoms with Gasteiger partial charge in [-0.1, -0.05) is 24.3 Å². The highest BCUT2D eigenvalue weighted by atomic mass is 19.1. The fourth-order valence-corrected chi connectivity index (χ4v) is 4.59. The summed E-state index contributed by atoms with van der Waals surface area (Å²) in [7, 11) is 1.51. The first-order chi connectivity index (χ1) is 18.6. The van der Waals surface area contributed by atoms with E-state index < -0.39 is 23.9 Å². The second kappa shape index (κ2) is 13.7. The number of amides is 4.